The number of hydrogen-bond acceptors (Lipinski definition) is 4. The topological polar surface area (TPSA) is 69.7 Å². The molecule has 3 rings (SSSR count). The van der Waals surface area contributed by atoms with Crippen LogP contribution in [0.5, 0.6) is 0 Å². The first-order valence-corrected chi connectivity index (χ1v) is 12.6. The van der Waals surface area contributed by atoms with Crippen LogP contribution in [0, 0.1) is 5.92 Å². The Bertz CT molecular complexity index is 758. The van der Waals surface area contributed by atoms with Gasteiger partial charge in [0.15, 0.2) is 0 Å². The van der Waals surface area contributed by atoms with Crippen molar-refractivity contribution in [3.05, 3.63) is 34.3 Å². The van der Waals surface area contributed by atoms with Crippen molar-refractivity contribution in [2.75, 3.05) is 39.3 Å². The average Bonchev–Trinajstić information content (AvgIpc) is 3.18. The zero-order valence-corrected chi connectivity index (χ0v) is 18.7. The van der Waals surface area contributed by atoms with Crippen molar-refractivity contribution in [1.29, 1.82) is 0 Å². The molecular formula is C20H30BrN3O3S. The van der Waals surface area contributed by atoms with Crippen LogP contribution >= 0.6 is 15.9 Å². The van der Waals surface area contributed by atoms with Crippen LogP contribution in [0.25, 0.3) is 0 Å². The van der Waals surface area contributed by atoms with E-state index in [9.17, 15) is 13.2 Å². The summed E-state index contributed by atoms with van der Waals surface area (Å²) in [6.45, 7) is 4.95. The number of benzene rings is 1. The summed E-state index contributed by atoms with van der Waals surface area (Å²) >= 11 is 3.38. The van der Waals surface area contributed by atoms with Crippen molar-refractivity contribution in [2.45, 2.75) is 37.9 Å². The van der Waals surface area contributed by atoms with Crippen LogP contribution in [-0.4, -0.2) is 62.8 Å². The second kappa shape index (κ2) is 10.2. The summed E-state index contributed by atoms with van der Waals surface area (Å²) in [5, 5.41) is 3.04. The Hall–Kier alpha value is -0.960. The van der Waals surface area contributed by atoms with E-state index in [1.807, 2.05) is 24.3 Å². The van der Waals surface area contributed by atoms with Crippen molar-refractivity contribution >= 4 is 31.9 Å². The molecule has 2 fully saturated rings. The maximum atomic E-state index is 12.7. The van der Waals surface area contributed by atoms with Gasteiger partial charge in [0.1, 0.15) is 0 Å². The van der Waals surface area contributed by atoms with Crippen molar-refractivity contribution in [3.63, 3.8) is 0 Å². The van der Waals surface area contributed by atoms with E-state index in [2.05, 4.69) is 26.1 Å². The summed E-state index contributed by atoms with van der Waals surface area (Å²) in [6.07, 6.45) is 4.74. The minimum Gasteiger partial charge on any atom is -0.356 e. The Morgan fingerprint density at radius 2 is 1.86 bits per heavy atom. The van der Waals surface area contributed by atoms with E-state index in [0.29, 0.717) is 32.5 Å². The maximum absolute atomic E-state index is 12.7. The number of rotatable bonds is 8. The predicted octanol–water partition coefficient (Wildman–Crippen LogP) is 2.59. The molecule has 0 aliphatic carbocycles. The van der Waals surface area contributed by atoms with Crippen LogP contribution in [0.15, 0.2) is 28.7 Å². The lowest BCUT2D eigenvalue weighted by Gasteiger charge is -2.30. The second-order valence-corrected chi connectivity index (χ2v) is 10.6. The van der Waals surface area contributed by atoms with Crippen LogP contribution in [0.1, 0.15) is 37.7 Å². The van der Waals surface area contributed by atoms with Gasteiger partial charge in [0.25, 0.3) is 0 Å². The maximum Gasteiger partial charge on any atom is 0.223 e. The van der Waals surface area contributed by atoms with Gasteiger partial charge in [-0.15, -0.1) is 0 Å². The SMILES string of the molecule is O=C(NCCCN1CCCC1)C1CCN(S(=O)(=O)Cc2cccc(Br)c2)CC1. The normalized spacial score (nSPS) is 19.8. The first kappa shape index (κ1) is 21.7. The van der Waals surface area contributed by atoms with E-state index < -0.39 is 10.0 Å². The molecule has 0 atom stereocenters. The van der Waals surface area contributed by atoms with Gasteiger partial charge in [0.2, 0.25) is 15.9 Å². The molecule has 2 aliphatic rings. The summed E-state index contributed by atoms with van der Waals surface area (Å²) in [6, 6.07) is 7.38. The molecular weight excluding hydrogens is 442 g/mol. The molecule has 28 heavy (non-hydrogen) atoms. The molecule has 0 unspecified atom stereocenters. The number of amides is 1. The molecule has 0 aromatic heterocycles. The lowest BCUT2D eigenvalue weighted by atomic mass is 9.97. The summed E-state index contributed by atoms with van der Waals surface area (Å²) in [5.74, 6) is -0.00523. The van der Waals surface area contributed by atoms with Gasteiger partial charge in [0, 0.05) is 30.0 Å². The minimum atomic E-state index is -3.36. The molecule has 0 spiro atoms. The largest absolute Gasteiger partial charge is 0.356 e. The summed E-state index contributed by atoms with van der Waals surface area (Å²) < 4.78 is 27.8. The van der Waals surface area contributed by atoms with Crippen LogP contribution < -0.4 is 5.32 Å². The molecule has 156 valence electrons. The average molecular weight is 472 g/mol. The molecule has 1 aromatic carbocycles. The number of nitrogens with one attached hydrogen (secondary N) is 1. The highest BCUT2D eigenvalue weighted by Gasteiger charge is 2.31. The van der Waals surface area contributed by atoms with Gasteiger partial charge in [-0.2, -0.15) is 0 Å². The molecule has 1 amide bonds. The number of sulfonamides is 1. The lowest BCUT2D eigenvalue weighted by Crippen LogP contribution is -2.43. The van der Waals surface area contributed by atoms with Crippen molar-refractivity contribution in [1.82, 2.24) is 14.5 Å². The first-order valence-electron chi connectivity index (χ1n) is 10.2. The Morgan fingerprint density at radius 1 is 1.14 bits per heavy atom. The molecule has 0 bridgehead atoms. The zero-order valence-electron chi connectivity index (χ0n) is 16.3. The number of likely N-dealkylation sites (tertiary alicyclic amines) is 1. The third kappa shape index (κ3) is 6.27. The van der Waals surface area contributed by atoms with Gasteiger partial charge in [-0.1, -0.05) is 28.1 Å². The first-order chi connectivity index (χ1) is 13.4. The highest BCUT2D eigenvalue weighted by Crippen LogP contribution is 2.22. The molecule has 8 heteroatoms. The van der Waals surface area contributed by atoms with Crippen molar-refractivity contribution < 1.29 is 13.2 Å². The molecule has 6 nitrogen and oxygen atoms in total. The third-order valence-corrected chi connectivity index (χ3v) is 7.95. The Kier molecular flexibility index (Phi) is 7.91. The number of nitrogens with zero attached hydrogens (tertiary/aromatic N) is 2. The molecule has 2 aliphatic heterocycles. The second-order valence-electron chi connectivity index (χ2n) is 7.75. The molecule has 0 radical (unpaired) electrons. The van der Waals surface area contributed by atoms with Crippen LogP contribution in [0.2, 0.25) is 0 Å². The van der Waals surface area contributed by atoms with Crippen molar-refractivity contribution in [3.8, 4) is 0 Å². The smallest absolute Gasteiger partial charge is 0.223 e. The Morgan fingerprint density at radius 3 is 2.54 bits per heavy atom. The summed E-state index contributed by atoms with van der Waals surface area (Å²) in [4.78, 5) is 14.8. The fourth-order valence-electron chi connectivity index (χ4n) is 3.99. The van der Waals surface area contributed by atoms with Crippen LogP contribution in [0.4, 0.5) is 0 Å². The standard InChI is InChI=1S/C20H30BrN3O3S/c21-19-6-3-5-17(15-19)16-28(26,27)24-13-7-18(8-14-24)20(25)22-9-4-12-23-10-1-2-11-23/h3,5-6,15,18H,1-2,4,7-14,16H2,(H,22,25). The molecule has 2 saturated heterocycles. The van der Waals surface area contributed by atoms with Crippen molar-refractivity contribution in [2.24, 2.45) is 5.92 Å². The lowest BCUT2D eigenvalue weighted by molar-refractivity contribution is -0.126. The molecule has 2 heterocycles. The minimum absolute atomic E-state index is 0.000195. The Balaban J connectivity index is 1.39. The van der Waals surface area contributed by atoms with Gasteiger partial charge in [-0.05, 0) is 69.4 Å². The van der Waals surface area contributed by atoms with Gasteiger partial charge < -0.3 is 10.2 Å². The summed E-state index contributed by atoms with van der Waals surface area (Å²) in [7, 11) is -3.36. The highest BCUT2D eigenvalue weighted by molar-refractivity contribution is 9.10. The number of carbonyl (C=O) groups excluding carboxylic acids is 1. The van der Waals surface area contributed by atoms with Crippen LogP contribution in [0.3, 0.4) is 0 Å². The third-order valence-electron chi connectivity index (χ3n) is 5.61. The van der Waals surface area contributed by atoms with Gasteiger partial charge in [-0.3, -0.25) is 4.79 Å². The number of hydrogen-bond donors (Lipinski definition) is 1. The van der Waals surface area contributed by atoms with E-state index in [0.717, 1.165) is 23.0 Å². The molecule has 1 N–H and O–H groups in total. The van der Waals surface area contributed by atoms with Gasteiger partial charge >= 0.3 is 0 Å². The van der Waals surface area contributed by atoms with E-state index in [1.54, 1.807) is 0 Å². The molecule has 1 aromatic rings. The predicted molar refractivity (Wildman–Crippen MR) is 114 cm³/mol. The highest BCUT2D eigenvalue weighted by atomic mass is 79.9. The Labute approximate surface area is 176 Å². The molecule has 0 saturated carbocycles. The number of halogens is 1. The fraction of sp³-hybridized carbons (Fsp3) is 0.650. The zero-order chi connectivity index (χ0) is 20.0. The van der Waals surface area contributed by atoms with Gasteiger partial charge in [0.05, 0.1) is 5.75 Å². The van der Waals surface area contributed by atoms with E-state index in [4.69, 9.17) is 0 Å². The fourth-order valence-corrected chi connectivity index (χ4v) is 5.99. The van der Waals surface area contributed by atoms with E-state index in [1.165, 1.54) is 30.2 Å². The van der Waals surface area contributed by atoms with E-state index >= 15 is 0 Å². The monoisotopic (exact) mass is 471 g/mol. The quantitative estimate of drug-likeness (QED) is 0.591. The van der Waals surface area contributed by atoms with Crippen LogP contribution in [-0.2, 0) is 20.6 Å². The summed E-state index contributed by atoms with van der Waals surface area (Å²) in [5.41, 5.74) is 0.771. The van der Waals surface area contributed by atoms with E-state index in [-0.39, 0.29) is 17.6 Å². The number of piperidine rings is 1. The number of carbonyl (C=O) groups is 1. The van der Waals surface area contributed by atoms with Gasteiger partial charge in [-0.25, -0.2) is 12.7 Å².